The van der Waals surface area contributed by atoms with Gasteiger partial charge in [-0.2, -0.15) is 0 Å². The number of ketones is 3. The number of nitrogens with one attached hydrogen (secondary N) is 5. The van der Waals surface area contributed by atoms with Gasteiger partial charge >= 0.3 is 5.97 Å². The van der Waals surface area contributed by atoms with Crippen molar-refractivity contribution in [3.8, 4) is 0 Å². The molecule has 0 aromatic carbocycles. The van der Waals surface area contributed by atoms with Crippen LogP contribution in [0.2, 0.25) is 0 Å². The zero-order valence-corrected chi connectivity index (χ0v) is 35.5. The molecule has 0 aromatic rings. The van der Waals surface area contributed by atoms with E-state index >= 15 is 0 Å². The number of hydrogen-bond acceptors (Lipinski definition) is 12. The Morgan fingerprint density at radius 1 is 0.600 bits per heavy atom. The topological polar surface area (TPSA) is 224 Å². The molecule has 3 unspecified atom stereocenters. The second-order valence-electron chi connectivity index (χ2n) is 16.1. The average Bonchev–Trinajstić information content (AvgIpc) is 3.14. The summed E-state index contributed by atoms with van der Waals surface area (Å²) in [7, 11) is 0. The summed E-state index contributed by atoms with van der Waals surface area (Å²) in [6, 6.07) is 0. The van der Waals surface area contributed by atoms with Crippen molar-refractivity contribution in [2.24, 2.45) is 40.1 Å². The van der Waals surface area contributed by atoms with Crippen LogP contribution in [0.25, 0.3) is 0 Å². The minimum Gasteiger partial charge on any atom is -0.466 e. The number of unbranched alkanes of at least 4 members (excludes halogenated alkanes) is 4. The van der Waals surface area contributed by atoms with Crippen LogP contribution in [0, 0.1) is 28.6 Å². The normalized spacial score (nSPS) is 13.5. The first-order chi connectivity index (χ1) is 26.1. The maximum absolute atomic E-state index is 14.2. The number of Topliss-reactive ketones (excluding diaryl/α,β-unsaturated/α-hetero) is 3. The van der Waals surface area contributed by atoms with Gasteiger partial charge in [-0.25, -0.2) is 0 Å². The number of amides is 2. The molecule has 0 saturated heterocycles. The van der Waals surface area contributed by atoms with E-state index in [4.69, 9.17) is 16.2 Å². The third-order valence-corrected chi connectivity index (χ3v) is 10.0. The Labute approximate surface area is 332 Å². The molecule has 0 aliphatic rings. The van der Waals surface area contributed by atoms with Crippen LogP contribution in [0.4, 0.5) is 0 Å². The summed E-state index contributed by atoms with van der Waals surface area (Å²) in [5, 5.41) is 15.2. The summed E-state index contributed by atoms with van der Waals surface area (Å²) in [5.74, 6) is -3.75. The van der Waals surface area contributed by atoms with Crippen molar-refractivity contribution >= 4 is 35.1 Å². The Balaban J connectivity index is 6.06. The van der Waals surface area contributed by atoms with Crippen LogP contribution in [0.5, 0.6) is 0 Å². The molecule has 0 aliphatic carbocycles. The van der Waals surface area contributed by atoms with E-state index in [0.717, 1.165) is 38.5 Å². The molecule has 0 bridgehead atoms. The minimum atomic E-state index is -1.06. The number of esters is 1. The van der Waals surface area contributed by atoms with E-state index in [9.17, 15) is 28.8 Å². The van der Waals surface area contributed by atoms with E-state index in [1.54, 1.807) is 27.7 Å². The van der Waals surface area contributed by atoms with Crippen LogP contribution in [-0.2, 0) is 33.5 Å². The fraction of sp³-hybridized carbons (Fsp3) is 0.854. The lowest BCUT2D eigenvalue weighted by molar-refractivity contribution is -0.148. The molecule has 0 aromatic heterocycles. The van der Waals surface area contributed by atoms with E-state index in [2.05, 4.69) is 40.4 Å². The van der Waals surface area contributed by atoms with Crippen LogP contribution in [-0.4, -0.2) is 107 Å². The Morgan fingerprint density at radius 3 is 1.78 bits per heavy atom. The Hall–Kier alpha value is -2.78. The van der Waals surface area contributed by atoms with Gasteiger partial charge in [-0.05, 0) is 38.6 Å². The lowest BCUT2D eigenvalue weighted by Crippen LogP contribution is -2.43. The Morgan fingerprint density at radius 2 is 1.20 bits per heavy atom. The third kappa shape index (κ3) is 23.8. The van der Waals surface area contributed by atoms with Crippen molar-refractivity contribution in [3.05, 3.63) is 0 Å². The van der Waals surface area contributed by atoms with Crippen LogP contribution in [0.15, 0.2) is 0 Å². The fourth-order valence-corrected chi connectivity index (χ4v) is 6.57. The molecule has 14 heteroatoms. The highest BCUT2D eigenvalue weighted by atomic mass is 16.5. The quantitative estimate of drug-likeness (QED) is 0.0360. The van der Waals surface area contributed by atoms with Gasteiger partial charge in [-0.3, -0.25) is 28.8 Å². The third-order valence-electron chi connectivity index (χ3n) is 10.0. The van der Waals surface area contributed by atoms with Crippen LogP contribution < -0.4 is 38.1 Å². The van der Waals surface area contributed by atoms with Crippen LogP contribution in [0.1, 0.15) is 126 Å². The molecule has 3 atom stereocenters. The van der Waals surface area contributed by atoms with Gasteiger partial charge in [0.1, 0.15) is 17.3 Å². The predicted octanol–water partition coefficient (Wildman–Crippen LogP) is 2.80. The molecule has 55 heavy (non-hydrogen) atoms. The molecule has 320 valence electrons. The zero-order valence-electron chi connectivity index (χ0n) is 35.5. The minimum absolute atomic E-state index is 0.0390. The summed E-state index contributed by atoms with van der Waals surface area (Å²) < 4.78 is 5.43. The van der Waals surface area contributed by atoms with E-state index in [1.807, 2.05) is 6.92 Å². The maximum atomic E-state index is 14.2. The Bertz CT molecular complexity index is 1130. The van der Waals surface area contributed by atoms with Crippen molar-refractivity contribution < 1.29 is 33.5 Å². The predicted molar refractivity (Wildman–Crippen MR) is 219 cm³/mol. The maximum Gasteiger partial charge on any atom is 0.306 e. The monoisotopic (exact) mass is 782 g/mol. The highest BCUT2D eigenvalue weighted by molar-refractivity contribution is 5.93. The van der Waals surface area contributed by atoms with Crippen molar-refractivity contribution in [2.45, 2.75) is 126 Å². The highest BCUT2D eigenvalue weighted by Crippen LogP contribution is 2.37. The molecule has 14 nitrogen and oxygen atoms in total. The molecule has 0 saturated carbocycles. The highest BCUT2D eigenvalue weighted by Gasteiger charge is 2.41. The zero-order chi connectivity index (χ0) is 41.7. The van der Waals surface area contributed by atoms with Gasteiger partial charge in [0.2, 0.25) is 11.8 Å². The summed E-state index contributed by atoms with van der Waals surface area (Å²) in [6.45, 7) is 18.0. The van der Waals surface area contributed by atoms with Gasteiger partial charge in [-0.1, -0.05) is 74.1 Å². The van der Waals surface area contributed by atoms with Gasteiger partial charge < -0.3 is 42.8 Å². The second-order valence-corrected chi connectivity index (χ2v) is 16.1. The van der Waals surface area contributed by atoms with Gasteiger partial charge in [-0.15, -0.1) is 0 Å². The first-order valence-corrected chi connectivity index (χ1v) is 20.9. The van der Waals surface area contributed by atoms with Crippen molar-refractivity contribution in [2.75, 3.05) is 72.1 Å². The smallest absolute Gasteiger partial charge is 0.306 e. The summed E-state index contributed by atoms with van der Waals surface area (Å²) in [4.78, 5) is 81.0. The molecule has 0 fully saturated rings. The summed E-state index contributed by atoms with van der Waals surface area (Å²) >= 11 is 0. The van der Waals surface area contributed by atoms with E-state index < -0.39 is 34.6 Å². The van der Waals surface area contributed by atoms with Crippen molar-refractivity contribution in [1.29, 1.82) is 0 Å². The number of ether oxygens (including phenoxy) is 1. The number of carbonyl (C=O) groups excluding carboxylic acids is 6. The largest absolute Gasteiger partial charge is 0.466 e. The molecular weight excluding hydrogens is 702 g/mol. The van der Waals surface area contributed by atoms with E-state index in [1.165, 1.54) is 0 Å². The molecule has 0 aliphatic heterocycles. The van der Waals surface area contributed by atoms with E-state index in [0.29, 0.717) is 71.9 Å². The molecule has 0 heterocycles. The number of nitrogens with two attached hydrogens (primary N) is 2. The molecule has 0 rings (SSSR count). The van der Waals surface area contributed by atoms with Crippen LogP contribution in [0.3, 0.4) is 0 Å². The van der Waals surface area contributed by atoms with Crippen LogP contribution >= 0.6 is 0 Å². The molecule has 0 radical (unpaired) electrons. The fourth-order valence-electron chi connectivity index (χ4n) is 6.57. The van der Waals surface area contributed by atoms with Gasteiger partial charge in [0.15, 0.2) is 0 Å². The molecule has 0 spiro atoms. The first kappa shape index (κ1) is 52.2. The standard InChI is InChI=1S/C41H79N7O7/c1-8-11-13-14-24-55-37(52)27-31(10-3)38(53)41(6,7)29-33(39(54)48-23-21-45-19-16-43)25-35(50)40(4,5)28-32(34(49)30-46-17-12-9-2)26-36(51)47-22-20-44-18-15-42/h31-33,44-46H,8-30,42-43H2,1-7H3,(H,47,51)(H,48,54). The average molecular weight is 782 g/mol. The lowest BCUT2D eigenvalue weighted by atomic mass is 9.70. The van der Waals surface area contributed by atoms with Crippen molar-refractivity contribution in [1.82, 2.24) is 26.6 Å². The lowest BCUT2D eigenvalue weighted by Gasteiger charge is -2.33. The number of carbonyl (C=O) groups is 6. The molecular formula is C41H79N7O7. The molecule has 9 N–H and O–H groups in total. The van der Waals surface area contributed by atoms with Gasteiger partial charge in [0.25, 0.3) is 0 Å². The number of rotatable bonds is 36. The summed E-state index contributed by atoms with van der Waals surface area (Å²) in [5.41, 5.74) is 8.99. The first-order valence-electron chi connectivity index (χ1n) is 20.9. The van der Waals surface area contributed by atoms with Gasteiger partial charge in [0.05, 0.1) is 19.6 Å². The van der Waals surface area contributed by atoms with Gasteiger partial charge in [0, 0.05) is 93.8 Å². The Kier molecular flexibility index (Phi) is 28.8. The SMILES string of the molecule is CCCCCCOC(=O)CC(CC)C(=O)C(C)(C)CC(CC(=O)C(C)(C)CC(CC(=O)NCCNCCN)C(=O)CNCCCC)C(=O)NCCNCCN. The second kappa shape index (κ2) is 30.4. The molecule has 2 amide bonds. The van der Waals surface area contributed by atoms with Crippen molar-refractivity contribution in [3.63, 3.8) is 0 Å². The summed E-state index contributed by atoms with van der Waals surface area (Å²) in [6.07, 6.45) is 6.17. The van der Waals surface area contributed by atoms with E-state index in [-0.39, 0.29) is 67.8 Å². The number of hydrogen-bond donors (Lipinski definition) is 7.